The molecule has 0 aromatic heterocycles. The number of halogens is 1. The molecule has 6 heteroatoms. The highest BCUT2D eigenvalue weighted by Gasteiger charge is 2.19. The van der Waals surface area contributed by atoms with Crippen LogP contribution in [0, 0.1) is 0 Å². The Kier molecular flexibility index (Phi) is 5.44. The first-order valence-electron chi connectivity index (χ1n) is 5.62. The number of hydrogen-bond acceptors (Lipinski definition) is 4. The van der Waals surface area contributed by atoms with E-state index in [9.17, 15) is 8.42 Å². The SMILES string of the molecule is COc1ccc(C(N)CCS(=O)(=O)C(C)Cl)cc1. The quantitative estimate of drug-likeness (QED) is 0.815. The molecule has 0 amide bonds. The van der Waals surface area contributed by atoms with Gasteiger partial charge in [-0.15, -0.1) is 11.6 Å². The molecule has 2 unspecified atom stereocenters. The van der Waals surface area contributed by atoms with E-state index in [2.05, 4.69) is 0 Å². The van der Waals surface area contributed by atoms with E-state index < -0.39 is 14.5 Å². The smallest absolute Gasteiger partial charge is 0.166 e. The maximum Gasteiger partial charge on any atom is 0.166 e. The number of hydrogen-bond donors (Lipinski definition) is 1. The van der Waals surface area contributed by atoms with Crippen molar-refractivity contribution in [2.75, 3.05) is 12.9 Å². The highest BCUT2D eigenvalue weighted by molar-refractivity contribution is 7.93. The molecule has 0 heterocycles. The van der Waals surface area contributed by atoms with Crippen LogP contribution in [0.2, 0.25) is 0 Å². The average molecular weight is 292 g/mol. The highest BCUT2D eigenvalue weighted by atomic mass is 35.5. The standard InChI is InChI=1S/C12H18ClNO3S/c1-9(13)18(15,16)8-7-12(14)10-3-5-11(17-2)6-4-10/h3-6,9,12H,7-8,14H2,1-2H3. The second kappa shape index (κ2) is 6.41. The molecule has 0 saturated carbocycles. The van der Waals surface area contributed by atoms with E-state index in [1.165, 1.54) is 6.92 Å². The molecule has 0 aliphatic rings. The van der Waals surface area contributed by atoms with Gasteiger partial charge in [0.1, 0.15) is 10.5 Å². The van der Waals surface area contributed by atoms with Crippen molar-refractivity contribution in [2.24, 2.45) is 5.73 Å². The minimum Gasteiger partial charge on any atom is -0.497 e. The molecule has 1 aromatic carbocycles. The van der Waals surface area contributed by atoms with Gasteiger partial charge >= 0.3 is 0 Å². The third-order valence-electron chi connectivity index (χ3n) is 2.75. The Bertz CT molecular complexity index is 471. The zero-order valence-corrected chi connectivity index (χ0v) is 12.0. The number of alkyl halides is 1. The van der Waals surface area contributed by atoms with E-state index in [0.29, 0.717) is 6.42 Å². The van der Waals surface area contributed by atoms with Crippen LogP contribution in [0.3, 0.4) is 0 Å². The largest absolute Gasteiger partial charge is 0.497 e. The molecular formula is C12H18ClNO3S. The lowest BCUT2D eigenvalue weighted by molar-refractivity contribution is 0.414. The van der Waals surface area contributed by atoms with Crippen LogP contribution in [0.25, 0.3) is 0 Å². The van der Waals surface area contributed by atoms with Crippen LogP contribution in [0.5, 0.6) is 5.75 Å². The molecule has 0 saturated heterocycles. The van der Waals surface area contributed by atoms with Gasteiger partial charge in [0, 0.05) is 6.04 Å². The maximum atomic E-state index is 11.6. The summed E-state index contributed by atoms with van der Waals surface area (Å²) in [4.78, 5) is 0. The minimum absolute atomic E-state index is 0.00906. The molecule has 0 spiro atoms. The number of benzene rings is 1. The van der Waals surface area contributed by atoms with Gasteiger partial charge in [0.2, 0.25) is 0 Å². The minimum atomic E-state index is -3.25. The van der Waals surface area contributed by atoms with E-state index in [0.717, 1.165) is 11.3 Å². The summed E-state index contributed by atoms with van der Waals surface area (Å²) in [6.45, 7) is 1.45. The lowest BCUT2D eigenvalue weighted by atomic mass is 10.1. The van der Waals surface area contributed by atoms with Crippen LogP contribution in [-0.4, -0.2) is 26.0 Å². The molecule has 0 aliphatic heterocycles. The molecule has 4 nitrogen and oxygen atoms in total. The van der Waals surface area contributed by atoms with E-state index in [1.807, 2.05) is 12.1 Å². The monoisotopic (exact) mass is 291 g/mol. The molecule has 2 atom stereocenters. The van der Waals surface area contributed by atoms with Gasteiger partial charge < -0.3 is 10.5 Å². The second-order valence-corrected chi connectivity index (χ2v) is 7.43. The average Bonchev–Trinajstić information content (AvgIpc) is 2.36. The van der Waals surface area contributed by atoms with E-state index in [-0.39, 0.29) is 11.8 Å². The Hall–Kier alpha value is -0.780. The first-order valence-corrected chi connectivity index (χ1v) is 7.77. The van der Waals surface area contributed by atoms with Gasteiger partial charge in [-0.1, -0.05) is 12.1 Å². The summed E-state index contributed by atoms with van der Waals surface area (Å²) < 4.78 is 27.3. The molecular weight excluding hydrogens is 274 g/mol. The summed E-state index contributed by atoms with van der Waals surface area (Å²) in [6, 6.07) is 6.95. The Balaban J connectivity index is 2.63. The molecule has 1 rings (SSSR count). The van der Waals surface area contributed by atoms with Crippen molar-refractivity contribution in [3.8, 4) is 5.75 Å². The Morgan fingerprint density at radius 3 is 2.33 bits per heavy atom. The zero-order valence-electron chi connectivity index (χ0n) is 10.5. The fourth-order valence-corrected chi connectivity index (χ4v) is 2.65. The second-order valence-electron chi connectivity index (χ2n) is 4.08. The van der Waals surface area contributed by atoms with E-state index in [1.54, 1.807) is 19.2 Å². The molecule has 0 radical (unpaired) electrons. The zero-order chi connectivity index (χ0) is 13.8. The molecule has 1 aromatic rings. The van der Waals surface area contributed by atoms with Gasteiger partial charge in [-0.25, -0.2) is 8.42 Å². The van der Waals surface area contributed by atoms with E-state index in [4.69, 9.17) is 22.1 Å². The van der Waals surface area contributed by atoms with Crippen molar-refractivity contribution in [1.82, 2.24) is 0 Å². The molecule has 18 heavy (non-hydrogen) atoms. The van der Waals surface area contributed by atoms with Crippen molar-refractivity contribution in [1.29, 1.82) is 0 Å². The number of nitrogens with two attached hydrogens (primary N) is 1. The topological polar surface area (TPSA) is 69.4 Å². The number of ether oxygens (including phenoxy) is 1. The van der Waals surface area contributed by atoms with Crippen molar-refractivity contribution < 1.29 is 13.2 Å². The van der Waals surface area contributed by atoms with Crippen LogP contribution < -0.4 is 10.5 Å². The van der Waals surface area contributed by atoms with Crippen molar-refractivity contribution in [3.05, 3.63) is 29.8 Å². The van der Waals surface area contributed by atoms with Gasteiger partial charge in [-0.05, 0) is 31.0 Å². The lowest BCUT2D eigenvalue weighted by Gasteiger charge is -2.13. The summed E-state index contributed by atoms with van der Waals surface area (Å²) in [5.41, 5.74) is 6.83. The maximum absolute atomic E-state index is 11.6. The first-order chi connectivity index (χ1) is 8.36. The van der Waals surface area contributed by atoms with Crippen LogP contribution in [0.4, 0.5) is 0 Å². The van der Waals surface area contributed by atoms with E-state index >= 15 is 0 Å². The van der Waals surface area contributed by atoms with Crippen molar-refractivity contribution in [3.63, 3.8) is 0 Å². The molecule has 0 aliphatic carbocycles. The van der Waals surface area contributed by atoms with Crippen LogP contribution in [-0.2, 0) is 9.84 Å². The fraction of sp³-hybridized carbons (Fsp3) is 0.500. The van der Waals surface area contributed by atoms with Gasteiger partial charge in [0.05, 0.1) is 12.9 Å². The van der Waals surface area contributed by atoms with Crippen LogP contribution >= 0.6 is 11.6 Å². The fourth-order valence-electron chi connectivity index (χ4n) is 1.47. The van der Waals surface area contributed by atoms with Crippen molar-refractivity contribution >= 4 is 21.4 Å². The molecule has 0 fully saturated rings. The number of rotatable bonds is 6. The highest BCUT2D eigenvalue weighted by Crippen LogP contribution is 2.20. The predicted molar refractivity (Wildman–Crippen MR) is 73.6 cm³/mol. The summed E-state index contributed by atoms with van der Waals surface area (Å²) in [7, 11) is -1.67. The Morgan fingerprint density at radius 2 is 1.89 bits per heavy atom. The summed E-state index contributed by atoms with van der Waals surface area (Å²) in [6.07, 6.45) is 0.353. The normalized spacial score (nSPS) is 15.1. The Labute approximate surface area is 113 Å². The summed E-state index contributed by atoms with van der Waals surface area (Å²) >= 11 is 5.59. The molecule has 2 N–H and O–H groups in total. The van der Waals surface area contributed by atoms with Crippen molar-refractivity contribution in [2.45, 2.75) is 24.1 Å². The van der Waals surface area contributed by atoms with Gasteiger partial charge in [-0.3, -0.25) is 0 Å². The van der Waals surface area contributed by atoms with Crippen LogP contribution in [0.1, 0.15) is 24.9 Å². The Morgan fingerprint density at radius 1 is 1.33 bits per heavy atom. The number of sulfone groups is 1. The summed E-state index contributed by atoms with van der Waals surface area (Å²) in [5, 5.41) is 0. The first kappa shape index (κ1) is 15.3. The summed E-state index contributed by atoms with van der Waals surface area (Å²) in [5.74, 6) is 0.734. The predicted octanol–water partition coefficient (Wildman–Crippen LogP) is 2.08. The third kappa shape index (κ3) is 4.15. The molecule has 0 bridgehead atoms. The van der Waals surface area contributed by atoms with Crippen LogP contribution in [0.15, 0.2) is 24.3 Å². The van der Waals surface area contributed by atoms with Gasteiger partial charge in [-0.2, -0.15) is 0 Å². The molecule has 102 valence electrons. The van der Waals surface area contributed by atoms with Gasteiger partial charge in [0.25, 0.3) is 0 Å². The van der Waals surface area contributed by atoms with Gasteiger partial charge in [0.15, 0.2) is 9.84 Å². The number of methoxy groups -OCH3 is 1. The lowest BCUT2D eigenvalue weighted by Crippen LogP contribution is -2.20. The third-order valence-corrected chi connectivity index (χ3v) is 5.36.